The smallest absolute Gasteiger partial charge is 0.320 e. The van der Waals surface area contributed by atoms with Crippen molar-refractivity contribution in [3.8, 4) is 0 Å². The van der Waals surface area contributed by atoms with Crippen molar-refractivity contribution in [2.75, 3.05) is 6.54 Å². The van der Waals surface area contributed by atoms with Gasteiger partial charge in [0.05, 0.1) is 12.0 Å². The average molecular weight is 237 g/mol. The Hall–Kier alpha value is -1.36. The molecule has 1 N–H and O–H groups in total. The largest absolute Gasteiger partial charge is 0.480 e. The van der Waals surface area contributed by atoms with Crippen LogP contribution in [-0.4, -0.2) is 38.1 Å². The molecule has 1 aliphatic heterocycles. The molecule has 2 rings (SSSR count). The molecule has 1 unspecified atom stereocenters. The molecule has 0 aliphatic carbocycles. The summed E-state index contributed by atoms with van der Waals surface area (Å²) in [6, 6.07) is -0.319. The lowest BCUT2D eigenvalue weighted by atomic mass is 10.2. The maximum Gasteiger partial charge on any atom is 0.320 e. The molecular formula is C12H19N3O2. The van der Waals surface area contributed by atoms with Crippen molar-refractivity contribution >= 4 is 5.97 Å². The van der Waals surface area contributed by atoms with E-state index in [1.807, 2.05) is 17.4 Å². The normalized spacial score (nSPS) is 20.9. The van der Waals surface area contributed by atoms with E-state index in [0.717, 1.165) is 38.0 Å². The molecule has 1 atom stereocenters. The van der Waals surface area contributed by atoms with Crippen molar-refractivity contribution in [3.63, 3.8) is 0 Å². The number of rotatable bonds is 5. The van der Waals surface area contributed by atoms with E-state index >= 15 is 0 Å². The standard InChI is InChI=1S/C12H19N3O2/c1-2-5-15-9-13-7-10(15)8-14-6-3-4-11(14)12(16)17/h7,9,11H,2-6,8H2,1H3,(H,16,17). The monoisotopic (exact) mass is 237 g/mol. The van der Waals surface area contributed by atoms with Crippen molar-refractivity contribution in [2.24, 2.45) is 0 Å². The van der Waals surface area contributed by atoms with Crippen molar-refractivity contribution in [3.05, 3.63) is 18.2 Å². The lowest BCUT2D eigenvalue weighted by Gasteiger charge is -2.21. The van der Waals surface area contributed by atoms with Gasteiger partial charge >= 0.3 is 5.97 Å². The molecule has 5 heteroatoms. The molecule has 1 aromatic rings. The molecule has 0 bridgehead atoms. The van der Waals surface area contributed by atoms with Crippen molar-refractivity contribution in [1.29, 1.82) is 0 Å². The molecule has 1 saturated heterocycles. The molecule has 0 radical (unpaired) electrons. The van der Waals surface area contributed by atoms with E-state index in [4.69, 9.17) is 5.11 Å². The Balaban J connectivity index is 2.04. The summed E-state index contributed by atoms with van der Waals surface area (Å²) in [5.41, 5.74) is 1.11. The van der Waals surface area contributed by atoms with Crippen LogP contribution in [0.15, 0.2) is 12.5 Å². The fourth-order valence-electron chi connectivity index (χ4n) is 2.43. The van der Waals surface area contributed by atoms with Crippen LogP contribution in [0, 0.1) is 0 Å². The molecule has 0 saturated carbocycles. The van der Waals surface area contributed by atoms with Crippen LogP contribution >= 0.6 is 0 Å². The number of carboxylic acids is 1. The molecule has 94 valence electrons. The van der Waals surface area contributed by atoms with E-state index in [1.165, 1.54) is 0 Å². The Labute approximate surface area is 101 Å². The van der Waals surface area contributed by atoms with Crippen LogP contribution in [0.2, 0.25) is 0 Å². The zero-order valence-electron chi connectivity index (χ0n) is 10.2. The van der Waals surface area contributed by atoms with Crippen LogP contribution in [-0.2, 0) is 17.9 Å². The Morgan fingerprint density at radius 1 is 1.65 bits per heavy atom. The molecule has 2 heterocycles. The highest BCUT2D eigenvalue weighted by atomic mass is 16.4. The summed E-state index contributed by atoms with van der Waals surface area (Å²) in [5.74, 6) is -0.705. The van der Waals surface area contributed by atoms with Crippen molar-refractivity contribution < 1.29 is 9.90 Å². The number of nitrogens with zero attached hydrogens (tertiary/aromatic N) is 3. The number of carboxylic acid groups (broad SMARTS) is 1. The van der Waals surface area contributed by atoms with Crippen LogP contribution in [0.4, 0.5) is 0 Å². The lowest BCUT2D eigenvalue weighted by Crippen LogP contribution is -2.35. The zero-order valence-corrected chi connectivity index (χ0v) is 10.2. The van der Waals surface area contributed by atoms with Gasteiger partial charge in [-0.25, -0.2) is 4.98 Å². The summed E-state index contributed by atoms with van der Waals surface area (Å²) in [5, 5.41) is 9.12. The van der Waals surface area contributed by atoms with Gasteiger partial charge in [-0.2, -0.15) is 0 Å². The molecule has 0 aromatic carbocycles. The van der Waals surface area contributed by atoms with Gasteiger partial charge in [0.2, 0.25) is 0 Å². The fraction of sp³-hybridized carbons (Fsp3) is 0.667. The van der Waals surface area contributed by atoms with Gasteiger partial charge in [-0.05, 0) is 25.8 Å². The fourth-order valence-corrected chi connectivity index (χ4v) is 2.43. The topological polar surface area (TPSA) is 58.4 Å². The number of hydrogen-bond acceptors (Lipinski definition) is 3. The molecule has 17 heavy (non-hydrogen) atoms. The SMILES string of the molecule is CCCn1cncc1CN1CCCC1C(=O)O. The Morgan fingerprint density at radius 3 is 3.18 bits per heavy atom. The van der Waals surface area contributed by atoms with E-state index in [0.29, 0.717) is 6.54 Å². The predicted molar refractivity (Wildman–Crippen MR) is 63.6 cm³/mol. The van der Waals surface area contributed by atoms with Crippen LogP contribution in [0.1, 0.15) is 31.9 Å². The second-order valence-electron chi connectivity index (χ2n) is 4.55. The van der Waals surface area contributed by atoms with Gasteiger partial charge < -0.3 is 9.67 Å². The summed E-state index contributed by atoms with van der Waals surface area (Å²) < 4.78 is 2.11. The molecular weight excluding hydrogens is 218 g/mol. The first kappa shape index (κ1) is 12.1. The van der Waals surface area contributed by atoms with Crippen LogP contribution in [0.5, 0.6) is 0 Å². The third kappa shape index (κ3) is 2.66. The van der Waals surface area contributed by atoms with E-state index in [9.17, 15) is 4.79 Å². The first-order chi connectivity index (χ1) is 8.22. The number of aliphatic carboxylic acids is 1. The van der Waals surface area contributed by atoms with Crippen molar-refractivity contribution in [1.82, 2.24) is 14.5 Å². The van der Waals surface area contributed by atoms with Gasteiger partial charge in [0.25, 0.3) is 0 Å². The summed E-state index contributed by atoms with van der Waals surface area (Å²) in [4.78, 5) is 17.3. The first-order valence-electron chi connectivity index (χ1n) is 6.18. The van der Waals surface area contributed by atoms with Crippen LogP contribution in [0.3, 0.4) is 0 Å². The Bertz CT molecular complexity index is 389. The minimum atomic E-state index is -0.705. The third-order valence-corrected chi connectivity index (χ3v) is 3.28. The van der Waals surface area contributed by atoms with E-state index in [2.05, 4.69) is 16.5 Å². The maximum absolute atomic E-state index is 11.1. The summed E-state index contributed by atoms with van der Waals surface area (Å²) in [6.07, 6.45) is 6.46. The van der Waals surface area contributed by atoms with Gasteiger partial charge in [0.1, 0.15) is 6.04 Å². The second kappa shape index (κ2) is 5.31. The van der Waals surface area contributed by atoms with Gasteiger partial charge in [-0.3, -0.25) is 9.69 Å². The summed E-state index contributed by atoms with van der Waals surface area (Å²) >= 11 is 0. The third-order valence-electron chi connectivity index (χ3n) is 3.28. The van der Waals surface area contributed by atoms with Gasteiger partial charge in [-0.1, -0.05) is 6.92 Å². The summed E-state index contributed by atoms with van der Waals surface area (Å²) in [6.45, 7) is 4.63. The Morgan fingerprint density at radius 2 is 2.47 bits per heavy atom. The highest BCUT2D eigenvalue weighted by Crippen LogP contribution is 2.20. The van der Waals surface area contributed by atoms with Gasteiger partial charge in [0.15, 0.2) is 0 Å². The van der Waals surface area contributed by atoms with E-state index in [-0.39, 0.29) is 6.04 Å². The highest BCUT2D eigenvalue weighted by Gasteiger charge is 2.30. The van der Waals surface area contributed by atoms with Gasteiger partial charge in [0, 0.05) is 19.3 Å². The highest BCUT2D eigenvalue weighted by molar-refractivity contribution is 5.73. The number of hydrogen-bond donors (Lipinski definition) is 1. The molecule has 1 aromatic heterocycles. The number of imidazole rings is 1. The predicted octanol–water partition coefficient (Wildman–Crippen LogP) is 1.34. The molecule has 1 fully saturated rings. The molecule has 5 nitrogen and oxygen atoms in total. The number of aromatic nitrogens is 2. The lowest BCUT2D eigenvalue weighted by molar-refractivity contribution is -0.142. The number of aryl methyl sites for hydroxylation is 1. The maximum atomic E-state index is 11.1. The second-order valence-corrected chi connectivity index (χ2v) is 4.55. The molecule has 0 spiro atoms. The molecule has 0 amide bonds. The zero-order chi connectivity index (χ0) is 12.3. The minimum Gasteiger partial charge on any atom is -0.480 e. The van der Waals surface area contributed by atoms with Crippen molar-refractivity contribution in [2.45, 2.75) is 45.3 Å². The Kier molecular flexibility index (Phi) is 3.78. The van der Waals surface area contributed by atoms with Gasteiger partial charge in [-0.15, -0.1) is 0 Å². The first-order valence-corrected chi connectivity index (χ1v) is 6.18. The van der Waals surface area contributed by atoms with Crippen LogP contribution in [0.25, 0.3) is 0 Å². The van der Waals surface area contributed by atoms with Crippen LogP contribution < -0.4 is 0 Å². The number of likely N-dealkylation sites (tertiary alicyclic amines) is 1. The minimum absolute atomic E-state index is 0.319. The number of carbonyl (C=O) groups is 1. The quantitative estimate of drug-likeness (QED) is 0.839. The van der Waals surface area contributed by atoms with E-state index < -0.39 is 5.97 Å². The average Bonchev–Trinajstić information content (AvgIpc) is 2.89. The molecule has 1 aliphatic rings. The summed E-state index contributed by atoms with van der Waals surface area (Å²) in [7, 11) is 0. The van der Waals surface area contributed by atoms with E-state index in [1.54, 1.807) is 0 Å².